The monoisotopic (exact) mass is 1070 g/mol. The lowest BCUT2D eigenvalue weighted by molar-refractivity contribution is -0.138. The molecule has 388 valence electrons. The summed E-state index contributed by atoms with van der Waals surface area (Å²) in [7, 11) is -8.27. The Morgan fingerprint density at radius 1 is 0.527 bits per heavy atom. The lowest BCUT2D eigenvalue weighted by atomic mass is 9.85. The van der Waals surface area contributed by atoms with Gasteiger partial charge in [0.25, 0.3) is 20.0 Å². The Morgan fingerprint density at radius 2 is 0.919 bits per heavy atom. The summed E-state index contributed by atoms with van der Waals surface area (Å²) >= 11 is 0. The van der Waals surface area contributed by atoms with Gasteiger partial charge in [-0.2, -0.15) is 35.1 Å². The van der Waals surface area contributed by atoms with Gasteiger partial charge in [-0.15, -0.1) is 0 Å². The molecule has 0 aliphatic carbocycles. The molecule has 2 saturated heterocycles. The molecule has 2 aromatic heterocycles. The second kappa shape index (κ2) is 20.2. The van der Waals surface area contributed by atoms with Gasteiger partial charge in [0, 0.05) is 72.4 Å². The van der Waals surface area contributed by atoms with Gasteiger partial charge in [-0.3, -0.25) is 19.0 Å². The highest BCUT2D eigenvalue weighted by Crippen LogP contribution is 2.47. The molecule has 14 nitrogen and oxygen atoms in total. The number of benzene rings is 4. The summed E-state index contributed by atoms with van der Waals surface area (Å²) in [6.07, 6.45) is -6.69. The van der Waals surface area contributed by atoms with E-state index in [-0.39, 0.29) is 82.2 Å². The highest BCUT2D eigenvalue weighted by molar-refractivity contribution is 7.93. The Kier molecular flexibility index (Phi) is 14.1. The van der Waals surface area contributed by atoms with E-state index in [0.717, 1.165) is 36.4 Å². The maximum atomic E-state index is 13.5. The van der Waals surface area contributed by atoms with Gasteiger partial charge < -0.3 is 19.3 Å². The van der Waals surface area contributed by atoms with E-state index in [0.29, 0.717) is 61.0 Å². The molecule has 0 bridgehead atoms. The van der Waals surface area contributed by atoms with Gasteiger partial charge in [-0.1, -0.05) is 36.4 Å². The predicted octanol–water partition coefficient (Wildman–Crippen LogP) is 10.2. The minimum Gasteiger partial charge on any atom is -0.493 e. The van der Waals surface area contributed by atoms with Crippen LogP contribution in [0.3, 0.4) is 0 Å². The first kappa shape index (κ1) is 51.6. The molecule has 4 aliphatic rings. The van der Waals surface area contributed by atoms with E-state index in [2.05, 4.69) is 19.4 Å². The molecule has 0 radical (unpaired) electrons. The van der Waals surface area contributed by atoms with Gasteiger partial charge in [0.2, 0.25) is 23.7 Å². The normalized spacial score (nSPS) is 17.9. The fourth-order valence-electron chi connectivity index (χ4n) is 9.35. The SMILES string of the molecule is O=C1CCCN1c1cc(C(F)(F)F)ccc1[C@@H]1CCOc2cc(S(=O)(=O)Nc3cccc(F)n3)ccc21.O=C1CCCN1c1cc(C(F)(F)F)ccc1[C@H]1CCOc2cc(S(=O)(=O)Nc3cccc(F)n3)ccc21. The van der Waals surface area contributed by atoms with E-state index in [4.69, 9.17) is 9.47 Å². The number of pyridine rings is 2. The van der Waals surface area contributed by atoms with Crippen LogP contribution >= 0.6 is 0 Å². The number of halogens is 8. The van der Waals surface area contributed by atoms with Crippen molar-refractivity contribution >= 4 is 54.9 Å². The topological polar surface area (TPSA) is 177 Å². The molecular formula is C50H42F8N6O8S2. The molecule has 0 saturated carbocycles. The number of sulfonamides is 2. The van der Waals surface area contributed by atoms with Crippen molar-refractivity contribution in [2.24, 2.45) is 0 Å². The van der Waals surface area contributed by atoms with Crippen LogP contribution in [0.25, 0.3) is 0 Å². The van der Waals surface area contributed by atoms with Crippen LogP contribution in [0.1, 0.15) is 83.7 Å². The lowest BCUT2D eigenvalue weighted by Gasteiger charge is -2.30. The van der Waals surface area contributed by atoms with Gasteiger partial charge >= 0.3 is 12.4 Å². The third-order valence-corrected chi connectivity index (χ3v) is 15.5. The quantitative estimate of drug-likeness (QED) is 0.0992. The summed E-state index contributed by atoms with van der Waals surface area (Å²) in [5.41, 5.74) is 0.935. The van der Waals surface area contributed by atoms with Crippen LogP contribution in [0.4, 0.5) is 58.1 Å². The van der Waals surface area contributed by atoms with Crippen molar-refractivity contribution in [1.82, 2.24) is 9.97 Å². The van der Waals surface area contributed by atoms with Crippen LogP contribution in [0.5, 0.6) is 11.5 Å². The van der Waals surface area contributed by atoms with Crippen LogP contribution in [0, 0.1) is 11.9 Å². The minimum atomic E-state index is -4.57. The number of nitrogens with zero attached hydrogens (tertiary/aromatic N) is 4. The van der Waals surface area contributed by atoms with E-state index in [1.54, 1.807) is 12.1 Å². The number of carbonyl (C=O) groups excluding carboxylic acids is 2. The molecule has 6 aromatic rings. The summed E-state index contributed by atoms with van der Waals surface area (Å²) in [6, 6.07) is 22.5. The first-order chi connectivity index (χ1) is 35.1. The number of nitrogens with one attached hydrogen (secondary N) is 2. The maximum Gasteiger partial charge on any atom is 0.416 e. The first-order valence-electron chi connectivity index (χ1n) is 22.9. The summed E-state index contributed by atoms with van der Waals surface area (Å²) in [5, 5.41) is 0. The number of aromatic nitrogens is 2. The van der Waals surface area contributed by atoms with Gasteiger partial charge in [-0.05, 0) is 97.5 Å². The summed E-state index contributed by atoms with van der Waals surface area (Å²) in [4.78, 5) is 34.4. The molecule has 2 fully saturated rings. The number of fused-ring (bicyclic) bond motifs is 2. The zero-order chi connectivity index (χ0) is 52.7. The van der Waals surface area contributed by atoms with E-state index in [1.165, 1.54) is 70.5 Å². The van der Waals surface area contributed by atoms with Gasteiger partial charge in [0.15, 0.2) is 0 Å². The number of ether oxygens (including phenoxy) is 2. The summed E-state index contributed by atoms with van der Waals surface area (Å²) < 4.78 is 175. The number of alkyl halides is 6. The first-order valence-corrected chi connectivity index (χ1v) is 25.9. The van der Waals surface area contributed by atoms with Crippen molar-refractivity contribution in [2.75, 3.05) is 45.5 Å². The predicted molar refractivity (Wildman–Crippen MR) is 253 cm³/mol. The van der Waals surface area contributed by atoms with Crippen molar-refractivity contribution in [3.8, 4) is 11.5 Å². The largest absolute Gasteiger partial charge is 0.493 e. The summed E-state index contributed by atoms with van der Waals surface area (Å²) in [6.45, 7) is 1.02. The molecule has 0 spiro atoms. The van der Waals surface area contributed by atoms with Crippen molar-refractivity contribution in [2.45, 2.75) is 72.5 Å². The molecule has 2 atom stereocenters. The van der Waals surface area contributed by atoms with Crippen molar-refractivity contribution in [1.29, 1.82) is 0 Å². The number of amides is 2. The Hall–Kier alpha value is -7.34. The number of carbonyl (C=O) groups is 2. The molecule has 74 heavy (non-hydrogen) atoms. The highest BCUT2D eigenvalue weighted by atomic mass is 32.2. The molecule has 4 aromatic carbocycles. The molecule has 24 heteroatoms. The van der Waals surface area contributed by atoms with Crippen LogP contribution in [-0.4, -0.2) is 64.9 Å². The van der Waals surface area contributed by atoms with Crippen LogP contribution in [0.15, 0.2) is 119 Å². The second-order valence-corrected chi connectivity index (χ2v) is 20.9. The van der Waals surface area contributed by atoms with Crippen LogP contribution in [0.2, 0.25) is 0 Å². The molecular weight excluding hydrogens is 1030 g/mol. The zero-order valence-corrected chi connectivity index (χ0v) is 40.1. The highest BCUT2D eigenvalue weighted by Gasteiger charge is 2.38. The standard InChI is InChI=1S/2C25H21F4N3O4S/c2*26-22-3-1-4-23(30-22)31-37(34,35)16-7-9-19-17(10-12-36-21(19)14-16)18-8-6-15(25(27,28)29)13-20(18)32-11-2-5-24(32)33/h2*1,3-4,6-9,13-14,17H,2,5,10-12H2,(H,30,31)/t2*17-/m10/s1. The smallest absolute Gasteiger partial charge is 0.416 e. The number of hydrogen-bond acceptors (Lipinski definition) is 10. The van der Waals surface area contributed by atoms with E-state index < -0.39 is 67.3 Å². The van der Waals surface area contributed by atoms with Gasteiger partial charge in [0.05, 0.1) is 34.1 Å². The summed E-state index contributed by atoms with van der Waals surface area (Å²) in [5.74, 6) is -2.91. The molecule has 6 heterocycles. The Balaban J connectivity index is 0.000000182. The number of rotatable bonds is 10. The fraction of sp³-hybridized carbons (Fsp3) is 0.280. The Bertz CT molecular complexity index is 3180. The van der Waals surface area contributed by atoms with Crippen molar-refractivity contribution < 1.29 is 71.0 Å². The zero-order valence-electron chi connectivity index (χ0n) is 38.5. The average Bonchev–Trinajstić information content (AvgIpc) is 3.99. The van der Waals surface area contributed by atoms with E-state index in [9.17, 15) is 61.5 Å². The third-order valence-electron chi connectivity index (χ3n) is 12.8. The average molecular weight is 1070 g/mol. The molecule has 0 unspecified atom stereocenters. The van der Waals surface area contributed by atoms with Crippen molar-refractivity contribution in [3.63, 3.8) is 0 Å². The minimum absolute atomic E-state index is 0.152. The van der Waals surface area contributed by atoms with Gasteiger partial charge in [-0.25, -0.2) is 26.8 Å². The maximum absolute atomic E-state index is 13.5. The molecule has 10 rings (SSSR count). The fourth-order valence-corrected chi connectivity index (χ4v) is 11.4. The Morgan fingerprint density at radius 3 is 1.27 bits per heavy atom. The number of anilines is 4. The van der Waals surface area contributed by atoms with E-state index in [1.807, 2.05) is 0 Å². The molecule has 4 aliphatic heterocycles. The van der Waals surface area contributed by atoms with Crippen LogP contribution in [-0.2, 0) is 42.0 Å². The van der Waals surface area contributed by atoms with Gasteiger partial charge in [0.1, 0.15) is 23.1 Å². The Labute approximate surface area is 418 Å². The van der Waals surface area contributed by atoms with Crippen LogP contribution < -0.4 is 28.7 Å². The third kappa shape index (κ3) is 11.0. The van der Waals surface area contributed by atoms with E-state index >= 15 is 0 Å². The molecule has 2 N–H and O–H groups in total. The molecule has 2 amide bonds. The lowest BCUT2D eigenvalue weighted by Crippen LogP contribution is -2.27. The number of hydrogen-bond donors (Lipinski definition) is 2. The van der Waals surface area contributed by atoms with Crippen molar-refractivity contribution in [3.05, 3.63) is 154 Å². The second-order valence-electron chi connectivity index (χ2n) is 17.5.